The lowest BCUT2D eigenvalue weighted by atomic mass is 10.2. The van der Waals surface area contributed by atoms with Crippen LogP contribution in [-0.2, 0) is 14.3 Å². The van der Waals surface area contributed by atoms with Crippen molar-refractivity contribution in [3.05, 3.63) is 58.9 Å². The van der Waals surface area contributed by atoms with Gasteiger partial charge in [-0.1, -0.05) is 11.6 Å². The van der Waals surface area contributed by atoms with Gasteiger partial charge >= 0.3 is 5.97 Å². The van der Waals surface area contributed by atoms with Crippen molar-refractivity contribution in [2.24, 2.45) is 0 Å². The van der Waals surface area contributed by atoms with Gasteiger partial charge in [0, 0.05) is 10.6 Å². The van der Waals surface area contributed by atoms with Crippen LogP contribution in [0.4, 0.5) is 10.1 Å². The second kappa shape index (κ2) is 10.3. The first-order valence-corrected chi connectivity index (χ1v) is 8.68. The third-order valence-corrected chi connectivity index (χ3v) is 3.63. The third kappa shape index (κ3) is 6.55. The second-order valence-electron chi connectivity index (χ2n) is 5.47. The maximum absolute atomic E-state index is 13.6. The molecule has 2 rings (SSSR count). The lowest BCUT2D eigenvalue weighted by Gasteiger charge is -2.09. The minimum atomic E-state index is -0.814. The molecule has 7 nitrogen and oxygen atoms in total. The van der Waals surface area contributed by atoms with E-state index in [9.17, 15) is 18.8 Å². The smallest absolute Gasteiger partial charge is 0.325 e. The van der Waals surface area contributed by atoms with Crippen molar-refractivity contribution in [3.8, 4) is 5.75 Å². The van der Waals surface area contributed by atoms with E-state index in [0.29, 0.717) is 17.9 Å². The van der Waals surface area contributed by atoms with Crippen molar-refractivity contribution in [3.63, 3.8) is 0 Å². The topological polar surface area (TPSA) is 93.7 Å². The monoisotopic (exact) mass is 408 g/mol. The third-order valence-electron chi connectivity index (χ3n) is 3.39. The molecule has 0 aliphatic heterocycles. The molecular weight excluding hydrogens is 391 g/mol. The van der Waals surface area contributed by atoms with Crippen LogP contribution in [0.3, 0.4) is 0 Å². The van der Waals surface area contributed by atoms with Crippen molar-refractivity contribution in [1.82, 2.24) is 5.32 Å². The molecule has 0 radical (unpaired) electrons. The Bertz CT molecular complexity index is 858. The van der Waals surface area contributed by atoms with Crippen LogP contribution in [0.5, 0.6) is 5.75 Å². The van der Waals surface area contributed by atoms with E-state index in [0.717, 1.165) is 6.07 Å². The number of hydrogen-bond acceptors (Lipinski definition) is 5. The minimum absolute atomic E-state index is 0.0887. The van der Waals surface area contributed by atoms with Crippen LogP contribution in [0.15, 0.2) is 42.5 Å². The van der Waals surface area contributed by atoms with E-state index in [1.807, 2.05) is 6.92 Å². The first kappa shape index (κ1) is 21.2. The van der Waals surface area contributed by atoms with Gasteiger partial charge in [0.25, 0.3) is 11.8 Å². The molecule has 148 valence electrons. The van der Waals surface area contributed by atoms with Gasteiger partial charge < -0.3 is 20.1 Å². The fraction of sp³-hybridized carbons (Fsp3) is 0.211. The number of nitrogens with one attached hydrogen (secondary N) is 2. The molecule has 0 saturated carbocycles. The Labute approximate surface area is 165 Å². The average Bonchev–Trinajstić information content (AvgIpc) is 2.67. The molecule has 0 bridgehead atoms. The molecule has 2 aromatic carbocycles. The normalized spacial score (nSPS) is 10.1. The molecule has 0 aromatic heterocycles. The number of carbonyl (C=O) groups excluding carboxylic acids is 3. The molecule has 0 aliphatic rings. The van der Waals surface area contributed by atoms with Crippen molar-refractivity contribution in [2.75, 3.05) is 25.1 Å². The summed E-state index contributed by atoms with van der Waals surface area (Å²) in [6, 6.07) is 10.1. The summed E-state index contributed by atoms with van der Waals surface area (Å²) in [5.74, 6) is -2.11. The lowest BCUT2D eigenvalue weighted by Crippen LogP contribution is -2.32. The van der Waals surface area contributed by atoms with Crippen molar-refractivity contribution >= 4 is 35.1 Å². The molecule has 28 heavy (non-hydrogen) atoms. The molecule has 0 atom stereocenters. The zero-order chi connectivity index (χ0) is 20.5. The standard InChI is InChI=1S/C19H18ClFN2O5/c1-2-27-14-6-3-12(4-7-14)19(26)22-10-18(25)28-11-17(24)23-16-8-5-13(20)9-15(16)21/h3-9H,2,10-11H2,1H3,(H,22,26)(H,23,24). The molecule has 2 amide bonds. The number of anilines is 1. The van der Waals surface area contributed by atoms with Gasteiger partial charge in [-0.15, -0.1) is 0 Å². The average molecular weight is 409 g/mol. The Balaban J connectivity index is 1.74. The van der Waals surface area contributed by atoms with E-state index >= 15 is 0 Å². The Morgan fingerprint density at radius 2 is 1.82 bits per heavy atom. The minimum Gasteiger partial charge on any atom is -0.494 e. The van der Waals surface area contributed by atoms with Crippen LogP contribution >= 0.6 is 11.6 Å². The molecule has 0 unspecified atom stereocenters. The van der Waals surface area contributed by atoms with Crippen LogP contribution < -0.4 is 15.4 Å². The van der Waals surface area contributed by atoms with E-state index in [1.165, 1.54) is 12.1 Å². The lowest BCUT2D eigenvalue weighted by molar-refractivity contribution is -0.146. The van der Waals surface area contributed by atoms with Crippen LogP contribution in [0.25, 0.3) is 0 Å². The molecule has 0 heterocycles. The molecular formula is C19H18ClFN2O5. The maximum atomic E-state index is 13.6. The van der Waals surface area contributed by atoms with E-state index in [1.54, 1.807) is 24.3 Å². The summed E-state index contributed by atoms with van der Waals surface area (Å²) < 4.78 is 23.6. The highest BCUT2D eigenvalue weighted by Gasteiger charge is 2.12. The highest BCUT2D eigenvalue weighted by atomic mass is 35.5. The number of benzene rings is 2. The van der Waals surface area contributed by atoms with Crippen LogP contribution in [0.2, 0.25) is 5.02 Å². The highest BCUT2D eigenvalue weighted by molar-refractivity contribution is 6.30. The second-order valence-corrected chi connectivity index (χ2v) is 5.91. The molecule has 0 fully saturated rings. The van der Waals surface area contributed by atoms with Gasteiger partial charge in [-0.05, 0) is 49.4 Å². The zero-order valence-electron chi connectivity index (χ0n) is 15.0. The van der Waals surface area contributed by atoms with Crippen LogP contribution in [0, 0.1) is 5.82 Å². The van der Waals surface area contributed by atoms with Gasteiger partial charge in [0.15, 0.2) is 6.61 Å². The number of rotatable bonds is 8. The summed E-state index contributed by atoms with van der Waals surface area (Å²) >= 11 is 5.62. The summed E-state index contributed by atoms with van der Waals surface area (Å²) in [4.78, 5) is 35.3. The zero-order valence-corrected chi connectivity index (χ0v) is 15.7. The summed E-state index contributed by atoms with van der Waals surface area (Å²) in [5.41, 5.74) is 0.251. The number of amides is 2. The van der Waals surface area contributed by atoms with E-state index < -0.39 is 36.8 Å². The van der Waals surface area contributed by atoms with E-state index in [2.05, 4.69) is 10.6 Å². The van der Waals surface area contributed by atoms with Crippen LogP contribution in [0.1, 0.15) is 17.3 Å². The van der Waals surface area contributed by atoms with Crippen LogP contribution in [-0.4, -0.2) is 37.5 Å². The van der Waals surface area contributed by atoms with E-state index in [-0.39, 0.29) is 10.7 Å². The van der Waals surface area contributed by atoms with Gasteiger partial charge in [-0.2, -0.15) is 0 Å². The quantitative estimate of drug-likeness (QED) is 0.655. The number of esters is 1. The number of hydrogen-bond donors (Lipinski definition) is 2. The summed E-state index contributed by atoms with van der Waals surface area (Å²) in [6.07, 6.45) is 0. The summed E-state index contributed by atoms with van der Waals surface area (Å²) in [7, 11) is 0. The fourth-order valence-electron chi connectivity index (χ4n) is 2.10. The molecule has 2 aromatic rings. The Morgan fingerprint density at radius 1 is 1.11 bits per heavy atom. The Kier molecular flexibility index (Phi) is 7.76. The molecule has 0 saturated heterocycles. The summed E-state index contributed by atoms with van der Waals surface area (Å²) in [6.45, 7) is 1.31. The summed E-state index contributed by atoms with van der Waals surface area (Å²) in [5, 5.41) is 4.81. The fourth-order valence-corrected chi connectivity index (χ4v) is 2.26. The van der Waals surface area contributed by atoms with E-state index in [4.69, 9.17) is 21.1 Å². The number of carbonyl (C=O) groups is 3. The van der Waals surface area contributed by atoms with Crippen molar-refractivity contribution in [1.29, 1.82) is 0 Å². The number of halogens is 2. The molecule has 0 spiro atoms. The predicted molar refractivity (Wildman–Crippen MR) is 101 cm³/mol. The molecule has 9 heteroatoms. The highest BCUT2D eigenvalue weighted by Crippen LogP contribution is 2.18. The molecule has 0 aliphatic carbocycles. The van der Waals surface area contributed by atoms with Gasteiger partial charge in [0.1, 0.15) is 18.1 Å². The Hall–Kier alpha value is -3.13. The SMILES string of the molecule is CCOc1ccc(C(=O)NCC(=O)OCC(=O)Nc2ccc(Cl)cc2F)cc1. The molecule has 2 N–H and O–H groups in total. The maximum Gasteiger partial charge on any atom is 0.325 e. The van der Waals surface area contributed by atoms with Gasteiger partial charge in [-0.3, -0.25) is 14.4 Å². The van der Waals surface area contributed by atoms with Crippen molar-refractivity contribution < 1.29 is 28.2 Å². The van der Waals surface area contributed by atoms with Crippen molar-refractivity contribution in [2.45, 2.75) is 6.92 Å². The van der Waals surface area contributed by atoms with Gasteiger partial charge in [0.05, 0.1) is 12.3 Å². The van der Waals surface area contributed by atoms with Gasteiger partial charge in [-0.25, -0.2) is 4.39 Å². The Morgan fingerprint density at radius 3 is 2.46 bits per heavy atom. The number of ether oxygens (including phenoxy) is 2. The predicted octanol–water partition coefficient (Wildman–Crippen LogP) is 2.79. The first-order chi connectivity index (χ1) is 13.4. The van der Waals surface area contributed by atoms with Gasteiger partial charge in [0.2, 0.25) is 0 Å². The largest absolute Gasteiger partial charge is 0.494 e. The first-order valence-electron chi connectivity index (χ1n) is 8.30.